The Labute approximate surface area is 112 Å². The van der Waals surface area contributed by atoms with Crippen LogP contribution >= 0.6 is 0 Å². The second kappa shape index (κ2) is 6.21. The van der Waals surface area contributed by atoms with Gasteiger partial charge in [-0.25, -0.2) is 4.79 Å². The second-order valence-corrected chi connectivity index (χ2v) is 4.68. The molecule has 1 aromatic carbocycles. The third-order valence-corrected chi connectivity index (χ3v) is 3.08. The van der Waals surface area contributed by atoms with Gasteiger partial charge < -0.3 is 15.0 Å². The van der Waals surface area contributed by atoms with Gasteiger partial charge in [0, 0.05) is 20.2 Å². The smallest absolute Gasteiger partial charge is 0.317 e. The van der Waals surface area contributed by atoms with Crippen molar-refractivity contribution in [3.63, 3.8) is 0 Å². The fourth-order valence-electron chi connectivity index (χ4n) is 2.02. The highest BCUT2D eigenvalue weighted by atomic mass is 16.5. The summed E-state index contributed by atoms with van der Waals surface area (Å²) in [6.07, 6.45) is 0.865. The van der Waals surface area contributed by atoms with Crippen molar-refractivity contribution in [1.82, 2.24) is 10.2 Å². The van der Waals surface area contributed by atoms with E-state index in [4.69, 9.17) is 10.00 Å². The Morgan fingerprint density at radius 2 is 2.47 bits per heavy atom. The summed E-state index contributed by atoms with van der Waals surface area (Å²) in [7, 11) is 1.74. The van der Waals surface area contributed by atoms with Gasteiger partial charge in [-0.1, -0.05) is 12.1 Å². The van der Waals surface area contributed by atoms with Crippen LogP contribution in [0.1, 0.15) is 17.5 Å². The Morgan fingerprint density at radius 1 is 1.63 bits per heavy atom. The van der Waals surface area contributed by atoms with E-state index < -0.39 is 0 Å². The maximum atomic E-state index is 12.0. The zero-order chi connectivity index (χ0) is 13.7. The molecule has 19 heavy (non-hydrogen) atoms. The number of benzene rings is 1. The van der Waals surface area contributed by atoms with E-state index in [9.17, 15) is 4.79 Å². The molecule has 2 rings (SSSR count). The summed E-state index contributed by atoms with van der Waals surface area (Å²) < 4.78 is 5.22. The average Bonchev–Trinajstić information content (AvgIpc) is 2.91. The van der Waals surface area contributed by atoms with Gasteiger partial charge in [0.2, 0.25) is 0 Å². The number of carbonyl (C=O) groups is 1. The van der Waals surface area contributed by atoms with Crippen molar-refractivity contribution in [3.05, 3.63) is 35.4 Å². The minimum absolute atomic E-state index is 0.111. The molecule has 0 radical (unpaired) electrons. The molecule has 1 fully saturated rings. The Hall–Kier alpha value is -2.06. The Balaban J connectivity index is 1.90. The molecule has 1 atom stereocenters. The summed E-state index contributed by atoms with van der Waals surface area (Å²) >= 11 is 0. The molecule has 2 amide bonds. The molecule has 1 N–H and O–H groups in total. The summed E-state index contributed by atoms with van der Waals surface area (Å²) in [6, 6.07) is 9.36. The summed E-state index contributed by atoms with van der Waals surface area (Å²) in [5.41, 5.74) is 1.55. The molecule has 1 aliphatic heterocycles. The summed E-state index contributed by atoms with van der Waals surface area (Å²) in [5, 5.41) is 11.8. The van der Waals surface area contributed by atoms with E-state index in [0.29, 0.717) is 25.3 Å². The molecule has 5 heteroatoms. The van der Waals surface area contributed by atoms with Gasteiger partial charge in [0.1, 0.15) is 0 Å². The highest BCUT2D eigenvalue weighted by molar-refractivity contribution is 5.74. The van der Waals surface area contributed by atoms with Crippen molar-refractivity contribution < 1.29 is 9.53 Å². The van der Waals surface area contributed by atoms with Crippen LogP contribution in [0, 0.1) is 11.3 Å². The maximum absolute atomic E-state index is 12.0. The Morgan fingerprint density at radius 3 is 3.16 bits per heavy atom. The lowest BCUT2D eigenvalue weighted by molar-refractivity contribution is 0.181. The van der Waals surface area contributed by atoms with Crippen LogP contribution in [0.2, 0.25) is 0 Å². The predicted molar refractivity (Wildman–Crippen MR) is 70.4 cm³/mol. The van der Waals surface area contributed by atoms with Crippen LogP contribution in [0.15, 0.2) is 24.3 Å². The Bertz CT molecular complexity index is 490. The Kier molecular flexibility index (Phi) is 4.37. The first-order valence-corrected chi connectivity index (χ1v) is 6.27. The van der Waals surface area contributed by atoms with Gasteiger partial charge in [0.25, 0.3) is 0 Å². The lowest BCUT2D eigenvalue weighted by Crippen LogP contribution is -2.43. The van der Waals surface area contributed by atoms with E-state index in [-0.39, 0.29) is 12.1 Å². The molecule has 1 aromatic rings. The molecule has 0 spiro atoms. The molecule has 5 nitrogen and oxygen atoms in total. The SMILES string of the molecule is CN(Cc1cccc(C#N)c1)C(=O)NC1CCOC1. The van der Waals surface area contributed by atoms with E-state index >= 15 is 0 Å². The predicted octanol–water partition coefficient (Wildman–Crippen LogP) is 1.49. The van der Waals surface area contributed by atoms with E-state index in [2.05, 4.69) is 11.4 Å². The van der Waals surface area contributed by atoms with Gasteiger partial charge in [-0.15, -0.1) is 0 Å². The van der Waals surface area contributed by atoms with Crippen molar-refractivity contribution in [2.45, 2.75) is 19.0 Å². The van der Waals surface area contributed by atoms with Gasteiger partial charge in [-0.2, -0.15) is 5.26 Å². The van der Waals surface area contributed by atoms with Crippen molar-refractivity contribution in [3.8, 4) is 6.07 Å². The standard InChI is InChI=1S/C14H17N3O2/c1-17(14(18)16-13-5-6-19-10-13)9-12-4-2-3-11(7-12)8-15/h2-4,7,13H,5-6,9-10H2,1H3,(H,16,18). The van der Waals surface area contributed by atoms with Gasteiger partial charge in [-0.3, -0.25) is 0 Å². The van der Waals surface area contributed by atoms with Crippen LogP contribution in [0.25, 0.3) is 0 Å². The molecule has 0 aliphatic carbocycles. The minimum Gasteiger partial charge on any atom is -0.379 e. The first kappa shape index (κ1) is 13.4. The summed E-state index contributed by atoms with van der Waals surface area (Å²) in [6.45, 7) is 1.78. The molecular weight excluding hydrogens is 242 g/mol. The van der Waals surface area contributed by atoms with Gasteiger partial charge in [0.15, 0.2) is 0 Å². The third kappa shape index (κ3) is 3.70. The average molecular weight is 259 g/mol. The number of ether oxygens (including phenoxy) is 1. The zero-order valence-corrected chi connectivity index (χ0v) is 10.9. The number of nitrogens with zero attached hydrogens (tertiary/aromatic N) is 2. The van der Waals surface area contributed by atoms with E-state index in [1.807, 2.05) is 12.1 Å². The van der Waals surface area contributed by atoms with Gasteiger partial charge in [0.05, 0.1) is 24.3 Å². The van der Waals surface area contributed by atoms with Crippen LogP contribution in [0.4, 0.5) is 4.79 Å². The van der Waals surface area contributed by atoms with Crippen molar-refractivity contribution >= 4 is 6.03 Å². The number of nitriles is 1. The molecule has 1 aliphatic rings. The van der Waals surface area contributed by atoms with Crippen LogP contribution in [-0.2, 0) is 11.3 Å². The molecule has 100 valence electrons. The second-order valence-electron chi connectivity index (χ2n) is 4.68. The number of hydrogen-bond acceptors (Lipinski definition) is 3. The molecule has 0 aromatic heterocycles. The van der Waals surface area contributed by atoms with Crippen molar-refractivity contribution in [2.24, 2.45) is 0 Å². The first-order valence-electron chi connectivity index (χ1n) is 6.27. The van der Waals surface area contributed by atoms with Crippen LogP contribution in [-0.4, -0.2) is 37.2 Å². The number of rotatable bonds is 3. The molecule has 0 bridgehead atoms. The first-order chi connectivity index (χ1) is 9.19. The summed E-state index contributed by atoms with van der Waals surface area (Å²) in [5.74, 6) is 0. The number of urea groups is 1. The maximum Gasteiger partial charge on any atom is 0.317 e. The van der Waals surface area contributed by atoms with Gasteiger partial charge >= 0.3 is 6.03 Å². The number of nitrogens with one attached hydrogen (secondary N) is 1. The third-order valence-electron chi connectivity index (χ3n) is 3.08. The monoisotopic (exact) mass is 259 g/mol. The molecule has 1 unspecified atom stereocenters. The topological polar surface area (TPSA) is 65.4 Å². The highest BCUT2D eigenvalue weighted by Gasteiger charge is 2.19. The fourth-order valence-corrected chi connectivity index (χ4v) is 2.02. The van der Waals surface area contributed by atoms with E-state index in [1.54, 1.807) is 24.1 Å². The number of hydrogen-bond donors (Lipinski definition) is 1. The minimum atomic E-state index is -0.113. The van der Waals surface area contributed by atoms with Crippen LogP contribution in [0.5, 0.6) is 0 Å². The van der Waals surface area contributed by atoms with Crippen LogP contribution in [0.3, 0.4) is 0 Å². The normalized spacial score (nSPS) is 17.8. The van der Waals surface area contributed by atoms with Crippen molar-refractivity contribution in [2.75, 3.05) is 20.3 Å². The van der Waals surface area contributed by atoms with E-state index in [1.165, 1.54) is 0 Å². The largest absolute Gasteiger partial charge is 0.379 e. The highest BCUT2D eigenvalue weighted by Crippen LogP contribution is 2.08. The molecular formula is C14H17N3O2. The quantitative estimate of drug-likeness (QED) is 0.894. The summed E-state index contributed by atoms with van der Waals surface area (Å²) in [4.78, 5) is 13.6. The molecule has 0 saturated carbocycles. The molecule has 1 saturated heterocycles. The van der Waals surface area contributed by atoms with E-state index in [0.717, 1.165) is 12.0 Å². The fraction of sp³-hybridized carbons (Fsp3) is 0.429. The number of amides is 2. The van der Waals surface area contributed by atoms with Crippen LogP contribution < -0.4 is 5.32 Å². The number of carbonyl (C=O) groups excluding carboxylic acids is 1. The molecule has 1 heterocycles. The zero-order valence-electron chi connectivity index (χ0n) is 10.9. The van der Waals surface area contributed by atoms with Crippen molar-refractivity contribution in [1.29, 1.82) is 5.26 Å². The lowest BCUT2D eigenvalue weighted by Gasteiger charge is -2.20. The lowest BCUT2D eigenvalue weighted by atomic mass is 10.1. The van der Waals surface area contributed by atoms with Gasteiger partial charge in [-0.05, 0) is 24.1 Å².